The number of nitrogens with two attached hydrogens (primary N) is 1. The van der Waals surface area contributed by atoms with Crippen LogP contribution in [0.4, 0.5) is 10.5 Å². The maximum absolute atomic E-state index is 11.8. The summed E-state index contributed by atoms with van der Waals surface area (Å²) in [6, 6.07) is 7.60. The van der Waals surface area contributed by atoms with Gasteiger partial charge in [-0.05, 0) is 40.2 Å². The van der Waals surface area contributed by atoms with Crippen LogP contribution in [0.3, 0.4) is 0 Å². The average Bonchev–Trinajstić information content (AvgIpc) is 2.77. The molecule has 8 heteroatoms. The standard InChI is InChI=1S/C11H7BrCl2N2O3/c12-9-3-4-10(18-9)19-11(17)16(15)8-5-6(13)1-2-7(8)14/h1-5H,15H2. The average molecular weight is 366 g/mol. The van der Waals surface area contributed by atoms with E-state index in [1.165, 1.54) is 18.2 Å². The molecule has 0 saturated heterocycles. The van der Waals surface area contributed by atoms with Crippen molar-refractivity contribution in [2.45, 2.75) is 0 Å². The van der Waals surface area contributed by atoms with E-state index in [1.54, 1.807) is 12.1 Å². The second-order valence-corrected chi connectivity index (χ2v) is 5.02. The number of benzene rings is 1. The Morgan fingerprint density at radius 2 is 2.05 bits per heavy atom. The van der Waals surface area contributed by atoms with Crippen LogP contribution in [-0.2, 0) is 0 Å². The number of amides is 1. The minimum atomic E-state index is -0.856. The number of ether oxygens (including phenoxy) is 1. The van der Waals surface area contributed by atoms with Gasteiger partial charge in [0.1, 0.15) is 0 Å². The van der Waals surface area contributed by atoms with Crippen LogP contribution >= 0.6 is 39.1 Å². The Labute approximate surface area is 126 Å². The number of rotatable bonds is 2. The highest BCUT2D eigenvalue weighted by Gasteiger charge is 2.18. The van der Waals surface area contributed by atoms with Gasteiger partial charge in [0.15, 0.2) is 4.67 Å². The Kier molecular flexibility index (Phi) is 4.36. The summed E-state index contributed by atoms with van der Waals surface area (Å²) in [5.41, 5.74) is 0.227. The van der Waals surface area contributed by atoms with Crippen molar-refractivity contribution in [1.29, 1.82) is 0 Å². The van der Waals surface area contributed by atoms with Crippen LogP contribution in [0.5, 0.6) is 5.95 Å². The van der Waals surface area contributed by atoms with Gasteiger partial charge in [-0.2, -0.15) is 0 Å². The van der Waals surface area contributed by atoms with Gasteiger partial charge in [0.05, 0.1) is 10.7 Å². The molecule has 2 rings (SSSR count). The molecule has 0 aliphatic rings. The predicted octanol–water partition coefficient (Wildman–Crippen LogP) is 4.23. The van der Waals surface area contributed by atoms with Gasteiger partial charge >= 0.3 is 6.09 Å². The van der Waals surface area contributed by atoms with Crippen LogP contribution in [0.2, 0.25) is 10.0 Å². The Morgan fingerprint density at radius 3 is 2.68 bits per heavy atom. The molecule has 0 radical (unpaired) electrons. The van der Waals surface area contributed by atoms with Gasteiger partial charge in [-0.15, -0.1) is 0 Å². The third-order valence-corrected chi connectivity index (χ3v) is 3.08. The van der Waals surface area contributed by atoms with Crippen LogP contribution in [0.25, 0.3) is 0 Å². The summed E-state index contributed by atoms with van der Waals surface area (Å²) in [4.78, 5) is 11.8. The summed E-state index contributed by atoms with van der Waals surface area (Å²) in [6.45, 7) is 0. The van der Waals surface area contributed by atoms with Crippen LogP contribution in [0, 0.1) is 0 Å². The van der Waals surface area contributed by atoms with E-state index in [0.29, 0.717) is 9.69 Å². The predicted molar refractivity (Wildman–Crippen MR) is 75.6 cm³/mol. The van der Waals surface area contributed by atoms with Crippen LogP contribution in [-0.4, -0.2) is 6.09 Å². The molecule has 1 amide bonds. The Bertz CT molecular complexity index is 618. The fourth-order valence-corrected chi connectivity index (χ4v) is 1.92. The minimum Gasteiger partial charge on any atom is -0.418 e. The highest BCUT2D eigenvalue weighted by Crippen LogP contribution is 2.28. The van der Waals surface area contributed by atoms with Crippen molar-refractivity contribution in [3.05, 3.63) is 45.0 Å². The quantitative estimate of drug-likeness (QED) is 0.491. The first-order chi connectivity index (χ1) is 8.97. The Morgan fingerprint density at radius 1 is 1.32 bits per heavy atom. The van der Waals surface area contributed by atoms with E-state index in [9.17, 15) is 4.79 Å². The maximum Gasteiger partial charge on any atom is 0.436 e. The SMILES string of the molecule is NN(C(=O)Oc1ccc(Br)o1)c1cc(Cl)ccc1Cl. The topological polar surface area (TPSA) is 68.7 Å². The van der Waals surface area contributed by atoms with E-state index in [-0.39, 0.29) is 16.7 Å². The fourth-order valence-electron chi connectivity index (χ4n) is 1.26. The van der Waals surface area contributed by atoms with Gasteiger partial charge in [-0.1, -0.05) is 23.2 Å². The number of nitrogens with zero attached hydrogens (tertiary/aromatic N) is 1. The molecule has 2 aromatic rings. The fraction of sp³-hybridized carbons (Fsp3) is 0. The molecule has 1 aromatic heterocycles. The molecular formula is C11H7BrCl2N2O3. The molecular weight excluding hydrogens is 359 g/mol. The molecule has 0 fully saturated rings. The summed E-state index contributed by atoms with van der Waals surface area (Å²) in [5, 5.41) is 1.40. The lowest BCUT2D eigenvalue weighted by Crippen LogP contribution is -2.39. The minimum absolute atomic E-state index is 0.00507. The number of anilines is 1. The van der Waals surface area contributed by atoms with E-state index in [4.69, 9.17) is 38.2 Å². The Hall–Kier alpha value is -1.21. The molecule has 1 aromatic carbocycles. The van der Waals surface area contributed by atoms with E-state index in [2.05, 4.69) is 15.9 Å². The normalized spacial score (nSPS) is 10.3. The molecule has 0 bridgehead atoms. The van der Waals surface area contributed by atoms with Crippen molar-refractivity contribution in [3.63, 3.8) is 0 Å². The van der Waals surface area contributed by atoms with Gasteiger partial charge < -0.3 is 9.15 Å². The number of hydrogen-bond acceptors (Lipinski definition) is 4. The first-order valence-corrected chi connectivity index (χ1v) is 6.49. The lowest BCUT2D eigenvalue weighted by Gasteiger charge is -2.16. The van der Waals surface area contributed by atoms with Gasteiger partial charge in [0, 0.05) is 11.1 Å². The molecule has 0 unspecified atom stereocenters. The molecule has 0 atom stereocenters. The second-order valence-electron chi connectivity index (χ2n) is 3.39. The van der Waals surface area contributed by atoms with Crippen molar-refractivity contribution < 1.29 is 13.9 Å². The van der Waals surface area contributed by atoms with Gasteiger partial charge in [0.2, 0.25) is 0 Å². The third-order valence-electron chi connectivity index (χ3n) is 2.10. The third kappa shape index (κ3) is 3.42. The van der Waals surface area contributed by atoms with Crippen molar-refractivity contribution in [3.8, 4) is 5.95 Å². The maximum atomic E-state index is 11.8. The Balaban J connectivity index is 2.16. The number of hydrazine groups is 1. The molecule has 0 aliphatic heterocycles. The first kappa shape index (κ1) is 14.2. The van der Waals surface area contributed by atoms with E-state index in [1.807, 2.05) is 0 Å². The van der Waals surface area contributed by atoms with E-state index >= 15 is 0 Å². The number of carbonyl (C=O) groups is 1. The van der Waals surface area contributed by atoms with Crippen molar-refractivity contribution in [2.24, 2.45) is 5.84 Å². The summed E-state index contributed by atoms with van der Waals surface area (Å²) in [7, 11) is 0. The highest BCUT2D eigenvalue weighted by molar-refractivity contribution is 9.10. The number of carbonyl (C=O) groups excluding carboxylic acids is 1. The molecule has 2 N–H and O–H groups in total. The zero-order chi connectivity index (χ0) is 14.0. The molecule has 19 heavy (non-hydrogen) atoms. The van der Waals surface area contributed by atoms with Gasteiger partial charge in [-0.3, -0.25) is 0 Å². The monoisotopic (exact) mass is 364 g/mol. The van der Waals surface area contributed by atoms with Crippen LogP contribution in [0.1, 0.15) is 0 Å². The molecule has 100 valence electrons. The zero-order valence-electron chi connectivity index (χ0n) is 9.27. The van der Waals surface area contributed by atoms with Crippen LogP contribution in [0.15, 0.2) is 39.4 Å². The molecule has 0 saturated carbocycles. The smallest absolute Gasteiger partial charge is 0.418 e. The molecule has 0 spiro atoms. The first-order valence-electron chi connectivity index (χ1n) is 4.94. The summed E-state index contributed by atoms with van der Waals surface area (Å²) in [6.07, 6.45) is -0.856. The second kappa shape index (κ2) is 5.83. The van der Waals surface area contributed by atoms with Crippen molar-refractivity contribution in [2.75, 3.05) is 5.01 Å². The van der Waals surface area contributed by atoms with Crippen molar-refractivity contribution in [1.82, 2.24) is 0 Å². The van der Waals surface area contributed by atoms with Gasteiger partial charge in [-0.25, -0.2) is 15.6 Å². The van der Waals surface area contributed by atoms with Gasteiger partial charge in [0.25, 0.3) is 5.95 Å². The van der Waals surface area contributed by atoms with E-state index < -0.39 is 6.09 Å². The lowest BCUT2D eigenvalue weighted by atomic mass is 10.3. The van der Waals surface area contributed by atoms with Crippen LogP contribution < -0.4 is 15.6 Å². The molecule has 0 aliphatic carbocycles. The lowest BCUT2D eigenvalue weighted by molar-refractivity contribution is 0.194. The summed E-state index contributed by atoms with van der Waals surface area (Å²) < 4.78 is 10.4. The summed E-state index contributed by atoms with van der Waals surface area (Å²) >= 11 is 14.8. The highest BCUT2D eigenvalue weighted by atomic mass is 79.9. The number of hydrogen-bond donors (Lipinski definition) is 1. The van der Waals surface area contributed by atoms with Crippen molar-refractivity contribution >= 4 is 50.9 Å². The zero-order valence-corrected chi connectivity index (χ0v) is 12.4. The molecule has 1 heterocycles. The largest absolute Gasteiger partial charge is 0.436 e. The number of halogens is 3. The number of furan rings is 1. The van der Waals surface area contributed by atoms with E-state index in [0.717, 1.165) is 5.01 Å². The summed E-state index contributed by atoms with van der Waals surface area (Å²) in [5.74, 6) is 5.63. The molecule has 5 nitrogen and oxygen atoms in total.